The number of esters is 2. The molecule has 0 radical (unpaired) electrons. The smallest absolute Gasteiger partial charge is 0.349 e. The van der Waals surface area contributed by atoms with Crippen LogP contribution in [-0.4, -0.2) is 11.9 Å². The summed E-state index contributed by atoms with van der Waals surface area (Å²) in [5, 5.41) is 0. The second-order valence-electron chi connectivity index (χ2n) is 6.11. The minimum atomic E-state index is -0.508. The number of benzene rings is 2. The first kappa shape index (κ1) is 18.9. The molecule has 0 aliphatic heterocycles. The van der Waals surface area contributed by atoms with E-state index in [-0.39, 0.29) is 13.2 Å². The normalized spacial score (nSPS) is 10.4. The molecule has 3 aromatic rings. The molecule has 0 bridgehead atoms. The molecule has 0 fully saturated rings. The van der Waals surface area contributed by atoms with Crippen LogP contribution < -0.4 is 0 Å². The fraction of sp³-hybridized carbons (Fsp3) is 0.182. The second kappa shape index (κ2) is 8.64. The van der Waals surface area contributed by atoms with Crippen molar-refractivity contribution in [1.29, 1.82) is 0 Å². The standard InChI is InChI=1S/C22H20O4S/c1-15-16(2)27-20(22(24)26-14-18-11-7-4-8-12-18)19(15)21(23)25-13-17-9-5-3-6-10-17/h3-12H,13-14H2,1-2H3. The SMILES string of the molecule is Cc1sc(C(=O)OCc2ccccc2)c(C(=O)OCc2ccccc2)c1C. The summed E-state index contributed by atoms with van der Waals surface area (Å²) in [6, 6.07) is 18.9. The molecule has 2 aromatic carbocycles. The number of thiophene rings is 1. The molecule has 4 nitrogen and oxygen atoms in total. The highest BCUT2D eigenvalue weighted by molar-refractivity contribution is 7.14. The fourth-order valence-electron chi connectivity index (χ4n) is 2.60. The zero-order chi connectivity index (χ0) is 19.2. The first-order valence-corrected chi connectivity index (χ1v) is 9.40. The van der Waals surface area contributed by atoms with Crippen LogP contribution in [0.15, 0.2) is 60.7 Å². The molecule has 27 heavy (non-hydrogen) atoms. The molecule has 0 aliphatic carbocycles. The maximum atomic E-state index is 12.6. The van der Waals surface area contributed by atoms with E-state index in [9.17, 15) is 9.59 Å². The second-order valence-corrected chi connectivity index (χ2v) is 7.34. The topological polar surface area (TPSA) is 52.6 Å². The molecule has 0 saturated carbocycles. The molecule has 3 rings (SSSR count). The maximum absolute atomic E-state index is 12.6. The Morgan fingerprint density at radius 2 is 1.26 bits per heavy atom. The van der Waals surface area contributed by atoms with Gasteiger partial charge in [-0.2, -0.15) is 0 Å². The van der Waals surface area contributed by atoms with Gasteiger partial charge >= 0.3 is 11.9 Å². The summed E-state index contributed by atoms with van der Waals surface area (Å²) in [5.74, 6) is -1.01. The van der Waals surface area contributed by atoms with Crippen LogP contribution in [0.25, 0.3) is 0 Å². The highest BCUT2D eigenvalue weighted by Gasteiger charge is 2.26. The Balaban J connectivity index is 1.73. The van der Waals surface area contributed by atoms with E-state index < -0.39 is 11.9 Å². The Labute approximate surface area is 162 Å². The van der Waals surface area contributed by atoms with Crippen molar-refractivity contribution in [3.05, 3.63) is 92.7 Å². The lowest BCUT2D eigenvalue weighted by atomic mass is 10.1. The first-order chi connectivity index (χ1) is 13.1. The molecule has 5 heteroatoms. The number of carbonyl (C=O) groups is 2. The van der Waals surface area contributed by atoms with Crippen LogP contribution in [0.5, 0.6) is 0 Å². The Bertz CT molecular complexity index is 930. The van der Waals surface area contributed by atoms with Gasteiger partial charge in [0.1, 0.15) is 18.1 Å². The summed E-state index contributed by atoms with van der Waals surface area (Å²) in [6.07, 6.45) is 0. The van der Waals surface area contributed by atoms with Crippen LogP contribution in [0.1, 0.15) is 41.6 Å². The lowest BCUT2D eigenvalue weighted by Crippen LogP contribution is -2.12. The Hall–Kier alpha value is -2.92. The molecule has 0 spiro atoms. The predicted molar refractivity (Wildman–Crippen MR) is 105 cm³/mol. The van der Waals surface area contributed by atoms with Crippen LogP contribution in [0, 0.1) is 13.8 Å². The Morgan fingerprint density at radius 1 is 0.778 bits per heavy atom. The summed E-state index contributed by atoms with van der Waals surface area (Å²) < 4.78 is 10.8. The van der Waals surface area contributed by atoms with Crippen LogP contribution in [-0.2, 0) is 22.7 Å². The lowest BCUT2D eigenvalue weighted by Gasteiger charge is -2.08. The summed E-state index contributed by atoms with van der Waals surface area (Å²) in [6.45, 7) is 4.02. The van der Waals surface area contributed by atoms with E-state index in [0.29, 0.717) is 10.4 Å². The van der Waals surface area contributed by atoms with E-state index in [1.807, 2.05) is 74.5 Å². The fourth-order valence-corrected chi connectivity index (χ4v) is 3.64. The highest BCUT2D eigenvalue weighted by Crippen LogP contribution is 2.29. The van der Waals surface area contributed by atoms with Gasteiger partial charge in [0.2, 0.25) is 0 Å². The van der Waals surface area contributed by atoms with Crippen LogP contribution in [0.4, 0.5) is 0 Å². The number of rotatable bonds is 6. The average Bonchev–Trinajstić information content (AvgIpc) is 3.00. The molecule has 0 amide bonds. The number of hydrogen-bond donors (Lipinski definition) is 0. The molecular weight excluding hydrogens is 360 g/mol. The number of carbonyl (C=O) groups excluding carboxylic acids is 2. The van der Waals surface area contributed by atoms with Crippen molar-refractivity contribution >= 4 is 23.3 Å². The van der Waals surface area contributed by atoms with Gasteiger partial charge in [-0.15, -0.1) is 11.3 Å². The molecule has 1 aromatic heterocycles. The molecule has 0 aliphatic rings. The summed E-state index contributed by atoms with van der Waals surface area (Å²) >= 11 is 1.26. The largest absolute Gasteiger partial charge is 0.457 e. The van der Waals surface area contributed by atoms with E-state index in [0.717, 1.165) is 21.6 Å². The van der Waals surface area contributed by atoms with Gasteiger partial charge in [-0.1, -0.05) is 60.7 Å². The van der Waals surface area contributed by atoms with Gasteiger partial charge in [-0.3, -0.25) is 0 Å². The van der Waals surface area contributed by atoms with Crippen molar-refractivity contribution in [2.45, 2.75) is 27.1 Å². The molecule has 1 heterocycles. The van der Waals surface area contributed by atoms with Gasteiger partial charge in [0.05, 0.1) is 5.56 Å². The van der Waals surface area contributed by atoms with Crippen LogP contribution >= 0.6 is 11.3 Å². The number of aryl methyl sites for hydroxylation is 1. The lowest BCUT2D eigenvalue weighted by molar-refractivity contribution is 0.0429. The molecule has 138 valence electrons. The van der Waals surface area contributed by atoms with Crippen molar-refractivity contribution in [1.82, 2.24) is 0 Å². The summed E-state index contributed by atoms with van der Waals surface area (Å²) in [5.41, 5.74) is 2.84. The van der Waals surface area contributed by atoms with Gasteiger partial charge in [-0.25, -0.2) is 9.59 Å². The highest BCUT2D eigenvalue weighted by atomic mass is 32.1. The third-order valence-corrected chi connectivity index (χ3v) is 5.39. The zero-order valence-corrected chi connectivity index (χ0v) is 16.0. The average molecular weight is 380 g/mol. The van der Waals surface area contributed by atoms with E-state index >= 15 is 0 Å². The minimum Gasteiger partial charge on any atom is -0.457 e. The van der Waals surface area contributed by atoms with Gasteiger partial charge in [0.15, 0.2) is 0 Å². The zero-order valence-electron chi connectivity index (χ0n) is 15.2. The summed E-state index contributed by atoms with van der Waals surface area (Å²) in [7, 11) is 0. The van der Waals surface area contributed by atoms with E-state index in [2.05, 4.69) is 0 Å². The molecule has 0 unspecified atom stereocenters. The van der Waals surface area contributed by atoms with Crippen molar-refractivity contribution in [2.75, 3.05) is 0 Å². The quantitative estimate of drug-likeness (QED) is 0.560. The van der Waals surface area contributed by atoms with Gasteiger partial charge in [-0.05, 0) is 30.5 Å². The van der Waals surface area contributed by atoms with E-state index in [4.69, 9.17) is 9.47 Å². The van der Waals surface area contributed by atoms with E-state index in [1.54, 1.807) is 0 Å². The Morgan fingerprint density at radius 3 is 1.78 bits per heavy atom. The first-order valence-electron chi connectivity index (χ1n) is 8.58. The minimum absolute atomic E-state index is 0.159. The molecular formula is C22H20O4S. The third kappa shape index (κ3) is 4.63. The predicted octanol–water partition coefficient (Wildman–Crippen LogP) is 5.08. The molecule has 0 atom stereocenters. The van der Waals surface area contributed by atoms with E-state index in [1.165, 1.54) is 11.3 Å². The third-order valence-electron chi connectivity index (χ3n) is 4.20. The Kier molecular flexibility index (Phi) is 6.04. The van der Waals surface area contributed by atoms with Crippen LogP contribution in [0.3, 0.4) is 0 Å². The van der Waals surface area contributed by atoms with Crippen molar-refractivity contribution in [3.8, 4) is 0 Å². The molecule has 0 saturated heterocycles. The van der Waals surface area contributed by atoms with Gasteiger partial charge in [0, 0.05) is 4.88 Å². The van der Waals surface area contributed by atoms with Crippen molar-refractivity contribution in [3.63, 3.8) is 0 Å². The van der Waals surface area contributed by atoms with Crippen molar-refractivity contribution < 1.29 is 19.1 Å². The monoisotopic (exact) mass is 380 g/mol. The summed E-state index contributed by atoms with van der Waals surface area (Å²) in [4.78, 5) is 26.4. The van der Waals surface area contributed by atoms with Gasteiger partial charge in [0.25, 0.3) is 0 Å². The number of ether oxygens (including phenoxy) is 2. The molecule has 0 N–H and O–H groups in total. The van der Waals surface area contributed by atoms with Crippen molar-refractivity contribution in [2.24, 2.45) is 0 Å². The van der Waals surface area contributed by atoms with Gasteiger partial charge < -0.3 is 9.47 Å². The number of hydrogen-bond acceptors (Lipinski definition) is 5. The van der Waals surface area contributed by atoms with Crippen LogP contribution in [0.2, 0.25) is 0 Å². The maximum Gasteiger partial charge on any atom is 0.349 e.